The van der Waals surface area contributed by atoms with Gasteiger partial charge in [0.2, 0.25) is 6.79 Å². The number of piperazine rings is 1. The predicted molar refractivity (Wildman–Crippen MR) is 110 cm³/mol. The van der Waals surface area contributed by atoms with E-state index in [0.29, 0.717) is 6.79 Å². The van der Waals surface area contributed by atoms with Crippen molar-refractivity contribution in [3.05, 3.63) is 35.7 Å². The van der Waals surface area contributed by atoms with Crippen molar-refractivity contribution in [3.63, 3.8) is 0 Å². The van der Waals surface area contributed by atoms with Crippen LogP contribution in [-0.2, 0) is 6.54 Å². The summed E-state index contributed by atoms with van der Waals surface area (Å²) in [7, 11) is 0. The maximum absolute atomic E-state index is 5.49. The van der Waals surface area contributed by atoms with E-state index in [1.54, 1.807) is 0 Å². The average Bonchev–Trinajstić information content (AvgIpc) is 3.16. The van der Waals surface area contributed by atoms with Crippen LogP contribution in [0.2, 0.25) is 0 Å². The molecule has 7 heteroatoms. The van der Waals surface area contributed by atoms with Gasteiger partial charge in [-0.1, -0.05) is 19.4 Å². The summed E-state index contributed by atoms with van der Waals surface area (Å²) in [5.41, 5.74) is 1.26. The molecule has 1 saturated heterocycles. The zero-order chi connectivity index (χ0) is 19.3. The topological polar surface area (TPSA) is 62.8 Å². The van der Waals surface area contributed by atoms with Crippen LogP contribution in [0.4, 0.5) is 11.6 Å². The summed E-state index contributed by atoms with van der Waals surface area (Å²) >= 11 is 0. The lowest BCUT2D eigenvalue weighted by Crippen LogP contribution is -2.46. The van der Waals surface area contributed by atoms with Crippen LogP contribution in [0, 0.1) is 6.92 Å². The van der Waals surface area contributed by atoms with E-state index in [-0.39, 0.29) is 0 Å². The smallest absolute Gasteiger partial charge is 0.231 e. The molecular formula is C21H29N5O2. The molecule has 4 rings (SSSR count). The van der Waals surface area contributed by atoms with Gasteiger partial charge >= 0.3 is 0 Å². The molecule has 1 fully saturated rings. The van der Waals surface area contributed by atoms with Gasteiger partial charge in [0.25, 0.3) is 0 Å². The van der Waals surface area contributed by atoms with Gasteiger partial charge in [-0.25, -0.2) is 9.97 Å². The van der Waals surface area contributed by atoms with Crippen molar-refractivity contribution in [2.45, 2.75) is 33.2 Å². The summed E-state index contributed by atoms with van der Waals surface area (Å²) in [6.45, 7) is 10.3. The van der Waals surface area contributed by atoms with Crippen LogP contribution in [0.5, 0.6) is 11.5 Å². The molecule has 1 N–H and O–H groups in total. The van der Waals surface area contributed by atoms with Crippen LogP contribution in [0.25, 0.3) is 0 Å². The Hall–Kier alpha value is -2.54. The molecular weight excluding hydrogens is 354 g/mol. The summed E-state index contributed by atoms with van der Waals surface area (Å²) in [5, 5.41) is 3.42. The van der Waals surface area contributed by atoms with Crippen molar-refractivity contribution < 1.29 is 9.47 Å². The van der Waals surface area contributed by atoms with Crippen LogP contribution in [0.3, 0.4) is 0 Å². The molecule has 0 unspecified atom stereocenters. The molecule has 0 amide bonds. The van der Waals surface area contributed by atoms with Crippen molar-refractivity contribution in [2.75, 3.05) is 49.7 Å². The van der Waals surface area contributed by atoms with Crippen molar-refractivity contribution in [1.29, 1.82) is 0 Å². The number of aryl methyl sites for hydroxylation is 1. The first-order valence-electron chi connectivity index (χ1n) is 10.2. The number of benzene rings is 1. The third-order valence-electron chi connectivity index (χ3n) is 5.20. The second-order valence-electron chi connectivity index (χ2n) is 7.39. The Bertz CT molecular complexity index is 805. The zero-order valence-electron chi connectivity index (χ0n) is 16.8. The van der Waals surface area contributed by atoms with E-state index in [4.69, 9.17) is 9.47 Å². The lowest BCUT2D eigenvalue weighted by Gasteiger charge is -2.35. The first-order valence-corrected chi connectivity index (χ1v) is 10.2. The molecule has 28 heavy (non-hydrogen) atoms. The first-order chi connectivity index (χ1) is 13.7. The summed E-state index contributed by atoms with van der Waals surface area (Å²) in [4.78, 5) is 14.0. The zero-order valence-corrected chi connectivity index (χ0v) is 16.8. The van der Waals surface area contributed by atoms with Crippen LogP contribution in [0.1, 0.15) is 31.2 Å². The minimum absolute atomic E-state index is 0.325. The van der Waals surface area contributed by atoms with Gasteiger partial charge in [0.1, 0.15) is 17.5 Å². The van der Waals surface area contributed by atoms with E-state index in [0.717, 1.165) is 74.6 Å². The third-order valence-corrected chi connectivity index (χ3v) is 5.20. The lowest BCUT2D eigenvalue weighted by atomic mass is 10.1. The van der Waals surface area contributed by atoms with E-state index in [1.807, 2.05) is 13.0 Å². The first kappa shape index (κ1) is 18.8. The lowest BCUT2D eigenvalue weighted by molar-refractivity contribution is 0.174. The molecule has 0 saturated carbocycles. The van der Waals surface area contributed by atoms with Crippen molar-refractivity contribution in [1.82, 2.24) is 14.9 Å². The van der Waals surface area contributed by atoms with Gasteiger partial charge in [-0.15, -0.1) is 0 Å². The van der Waals surface area contributed by atoms with Crippen LogP contribution in [-0.4, -0.2) is 54.4 Å². The molecule has 7 nitrogen and oxygen atoms in total. The number of unbranched alkanes of at least 4 members (excludes halogenated alkanes) is 1. The molecule has 0 bridgehead atoms. The molecule has 2 aliphatic rings. The highest BCUT2D eigenvalue weighted by atomic mass is 16.7. The number of nitrogens with zero attached hydrogens (tertiary/aromatic N) is 4. The number of anilines is 2. The molecule has 0 spiro atoms. The number of aromatic nitrogens is 2. The van der Waals surface area contributed by atoms with Gasteiger partial charge in [0.05, 0.1) is 0 Å². The largest absolute Gasteiger partial charge is 0.454 e. The molecule has 1 aromatic heterocycles. The maximum Gasteiger partial charge on any atom is 0.231 e. The number of ether oxygens (including phenoxy) is 2. The number of fused-ring (bicyclic) bond motifs is 1. The molecule has 1 aromatic carbocycles. The Morgan fingerprint density at radius 3 is 2.68 bits per heavy atom. The van der Waals surface area contributed by atoms with E-state index < -0.39 is 0 Å². The average molecular weight is 383 g/mol. The second kappa shape index (κ2) is 8.65. The highest BCUT2D eigenvalue weighted by molar-refractivity contribution is 5.50. The van der Waals surface area contributed by atoms with Crippen LogP contribution < -0.4 is 19.7 Å². The Kier molecular flexibility index (Phi) is 5.81. The molecule has 3 heterocycles. The molecule has 0 atom stereocenters. The van der Waals surface area contributed by atoms with E-state index >= 15 is 0 Å². The number of hydrogen-bond donors (Lipinski definition) is 1. The molecule has 0 aliphatic carbocycles. The maximum atomic E-state index is 5.49. The number of nitrogens with one attached hydrogen (secondary N) is 1. The molecule has 2 aliphatic heterocycles. The van der Waals surface area contributed by atoms with Crippen molar-refractivity contribution in [3.8, 4) is 11.5 Å². The Morgan fingerprint density at radius 2 is 1.86 bits per heavy atom. The number of hydrogen-bond acceptors (Lipinski definition) is 7. The third kappa shape index (κ3) is 4.47. The predicted octanol–water partition coefficient (Wildman–Crippen LogP) is 3.05. The van der Waals surface area contributed by atoms with Crippen molar-refractivity contribution in [2.24, 2.45) is 0 Å². The fraction of sp³-hybridized carbons (Fsp3) is 0.524. The molecule has 2 aromatic rings. The minimum Gasteiger partial charge on any atom is -0.454 e. The highest BCUT2D eigenvalue weighted by Crippen LogP contribution is 2.33. The van der Waals surface area contributed by atoms with Gasteiger partial charge in [-0.3, -0.25) is 4.90 Å². The summed E-state index contributed by atoms with van der Waals surface area (Å²) in [6.07, 6.45) is 2.33. The van der Waals surface area contributed by atoms with Gasteiger partial charge in [-0.05, 0) is 31.0 Å². The Balaban J connectivity index is 1.33. The van der Waals surface area contributed by atoms with E-state index in [9.17, 15) is 0 Å². The van der Waals surface area contributed by atoms with Gasteiger partial charge in [0, 0.05) is 45.3 Å². The molecule has 150 valence electrons. The Morgan fingerprint density at radius 1 is 1.04 bits per heavy atom. The SMILES string of the molecule is CCCCNc1cc(N2CCN(Cc3ccc4c(c3)OCO4)CC2)nc(C)n1. The monoisotopic (exact) mass is 383 g/mol. The quantitative estimate of drug-likeness (QED) is 0.737. The van der Waals surface area contributed by atoms with E-state index in [1.165, 1.54) is 12.0 Å². The van der Waals surface area contributed by atoms with Gasteiger partial charge < -0.3 is 19.7 Å². The van der Waals surface area contributed by atoms with Crippen LogP contribution >= 0.6 is 0 Å². The van der Waals surface area contributed by atoms with Crippen molar-refractivity contribution >= 4 is 11.6 Å². The van der Waals surface area contributed by atoms with Gasteiger partial charge in [-0.2, -0.15) is 0 Å². The van der Waals surface area contributed by atoms with E-state index in [2.05, 4.69) is 50.2 Å². The highest BCUT2D eigenvalue weighted by Gasteiger charge is 2.20. The number of rotatable bonds is 7. The second-order valence-corrected chi connectivity index (χ2v) is 7.39. The molecule has 0 radical (unpaired) electrons. The normalized spacial score (nSPS) is 16.4. The fourth-order valence-electron chi connectivity index (χ4n) is 3.63. The minimum atomic E-state index is 0.325. The standard InChI is InChI=1S/C21H29N5O2/c1-3-4-7-22-20-13-21(24-16(2)23-20)26-10-8-25(9-11-26)14-17-5-6-18-19(12-17)28-15-27-18/h5-6,12-13H,3-4,7-11,14-15H2,1-2H3,(H,22,23,24). The van der Waals surface area contributed by atoms with Gasteiger partial charge in [0.15, 0.2) is 11.5 Å². The fourth-order valence-corrected chi connectivity index (χ4v) is 3.63. The summed E-state index contributed by atoms with van der Waals surface area (Å²) in [6, 6.07) is 8.31. The summed E-state index contributed by atoms with van der Waals surface area (Å²) < 4.78 is 10.9. The Labute approximate surface area is 166 Å². The summed E-state index contributed by atoms with van der Waals surface area (Å²) in [5.74, 6) is 4.47. The van der Waals surface area contributed by atoms with Crippen LogP contribution in [0.15, 0.2) is 24.3 Å².